The lowest BCUT2D eigenvalue weighted by Crippen LogP contribution is -2.45. The fourth-order valence-electron chi connectivity index (χ4n) is 3.04. The molecule has 0 amide bonds. The summed E-state index contributed by atoms with van der Waals surface area (Å²) in [5, 5.41) is 0. The van der Waals surface area contributed by atoms with Gasteiger partial charge in [-0.15, -0.1) is 0 Å². The Hall–Kier alpha value is -1.18. The molecule has 1 heterocycles. The molecule has 2 aromatic carbocycles. The van der Waals surface area contributed by atoms with E-state index in [1.54, 1.807) is 16.4 Å². The summed E-state index contributed by atoms with van der Waals surface area (Å²) in [5.41, 5.74) is 2.15. The van der Waals surface area contributed by atoms with E-state index in [1.165, 1.54) is 0 Å². The van der Waals surface area contributed by atoms with Crippen LogP contribution >= 0.6 is 22.6 Å². The molecule has 3 nitrogen and oxygen atoms in total. The Morgan fingerprint density at radius 1 is 1.08 bits per heavy atom. The van der Waals surface area contributed by atoms with E-state index >= 15 is 0 Å². The lowest BCUT2D eigenvalue weighted by Gasteiger charge is -2.35. The third-order valence-electron chi connectivity index (χ3n) is 4.47. The van der Waals surface area contributed by atoms with Crippen LogP contribution in [0, 0.1) is 6.92 Å². The first-order valence-electron chi connectivity index (χ1n) is 8.42. The topological polar surface area (TPSA) is 37.4 Å². The predicted octanol–water partition coefficient (Wildman–Crippen LogP) is 4.67. The van der Waals surface area contributed by atoms with Crippen molar-refractivity contribution in [3.05, 3.63) is 71.8 Å². The third kappa shape index (κ3) is 4.51. The van der Waals surface area contributed by atoms with Crippen LogP contribution in [0.3, 0.4) is 0 Å². The van der Waals surface area contributed by atoms with Crippen LogP contribution in [0.25, 0.3) is 6.08 Å². The van der Waals surface area contributed by atoms with E-state index in [-0.39, 0.29) is 6.04 Å². The van der Waals surface area contributed by atoms with Gasteiger partial charge in [-0.05, 0) is 37.5 Å². The monoisotopic (exact) mass is 467 g/mol. The number of halogens is 1. The molecule has 2 atom stereocenters. The standard InChI is InChI=1S/C20H22INO2S/c1-16-7-11-20(12-8-16)25(23,24)22-14-13-18(21)15-19(22)10-9-17-5-3-2-4-6-17/h2-12,18-19H,13-15H2,1H3/b10-9+/t18-,19+/m0/s1. The van der Waals surface area contributed by atoms with Gasteiger partial charge >= 0.3 is 0 Å². The molecule has 3 rings (SSSR count). The molecule has 0 N–H and O–H groups in total. The van der Waals surface area contributed by atoms with Gasteiger partial charge in [0.15, 0.2) is 0 Å². The van der Waals surface area contributed by atoms with Crippen molar-refractivity contribution in [2.45, 2.75) is 34.6 Å². The van der Waals surface area contributed by atoms with Gasteiger partial charge in [0.25, 0.3) is 0 Å². The van der Waals surface area contributed by atoms with Crippen LogP contribution in [0.15, 0.2) is 65.6 Å². The van der Waals surface area contributed by atoms with Gasteiger partial charge in [-0.1, -0.05) is 82.8 Å². The summed E-state index contributed by atoms with van der Waals surface area (Å²) >= 11 is 2.43. The molecule has 1 aliphatic heterocycles. The zero-order chi connectivity index (χ0) is 17.9. The van der Waals surface area contributed by atoms with Gasteiger partial charge in [-0.2, -0.15) is 4.31 Å². The number of nitrogens with zero attached hydrogens (tertiary/aromatic N) is 1. The van der Waals surface area contributed by atoms with Crippen molar-refractivity contribution in [2.24, 2.45) is 0 Å². The van der Waals surface area contributed by atoms with E-state index in [0.717, 1.165) is 24.0 Å². The summed E-state index contributed by atoms with van der Waals surface area (Å²) in [6.07, 6.45) is 5.79. The fourth-order valence-corrected chi connectivity index (χ4v) is 5.44. The lowest BCUT2D eigenvalue weighted by atomic mass is 10.0. The van der Waals surface area contributed by atoms with Gasteiger partial charge in [0.2, 0.25) is 10.0 Å². The number of rotatable bonds is 4. The largest absolute Gasteiger partial charge is 0.243 e. The number of benzene rings is 2. The molecular weight excluding hydrogens is 445 g/mol. The molecule has 0 saturated carbocycles. The Morgan fingerprint density at radius 2 is 1.76 bits per heavy atom. The van der Waals surface area contributed by atoms with Crippen molar-refractivity contribution in [1.29, 1.82) is 0 Å². The molecule has 1 fully saturated rings. The Balaban J connectivity index is 1.89. The molecule has 25 heavy (non-hydrogen) atoms. The molecule has 0 aromatic heterocycles. The molecule has 2 aromatic rings. The maximum atomic E-state index is 13.1. The van der Waals surface area contributed by atoms with Gasteiger partial charge in [0.05, 0.1) is 4.90 Å². The Bertz CT molecular complexity index is 832. The molecule has 5 heteroatoms. The van der Waals surface area contributed by atoms with Gasteiger partial charge in [0.1, 0.15) is 0 Å². The molecule has 0 bridgehead atoms. The summed E-state index contributed by atoms with van der Waals surface area (Å²) in [6, 6.07) is 17.0. The summed E-state index contributed by atoms with van der Waals surface area (Å²) in [6.45, 7) is 2.52. The van der Waals surface area contributed by atoms with Gasteiger partial charge in [0, 0.05) is 16.5 Å². The van der Waals surface area contributed by atoms with E-state index in [4.69, 9.17) is 0 Å². The first-order chi connectivity index (χ1) is 12.0. The molecule has 0 radical (unpaired) electrons. The number of sulfonamides is 1. The number of hydrogen-bond donors (Lipinski definition) is 0. The highest BCUT2D eigenvalue weighted by Gasteiger charge is 2.34. The number of alkyl halides is 1. The van der Waals surface area contributed by atoms with Crippen molar-refractivity contribution >= 4 is 38.7 Å². The maximum Gasteiger partial charge on any atom is 0.243 e. The second kappa shape index (κ2) is 8.01. The summed E-state index contributed by atoms with van der Waals surface area (Å²) < 4.78 is 28.4. The second-order valence-electron chi connectivity index (χ2n) is 6.39. The molecule has 0 aliphatic carbocycles. The smallest absolute Gasteiger partial charge is 0.207 e. The quantitative estimate of drug-likeness (QED) is 0.485. The number of aryl methyl sites for hydroxylation is 1. The molecule has 1 aliphatic rings. The normalized spacial score (nSPS) is 22.3. The van der Waals surface area contributed by atoms with Crippen LogP contribution in [0.4, 0.5) is 0 Å². The van der Waals surface area contributed by atoms with Crippen LogP contribution in [-0.2, 0) is 10.0 Å². The van der Waals surface area contributed by atoms with Crippen molar-refractivity contribution < 1.29 is 8.42 Å². The SMILES string of the molecule is Cc1ccc(S(=O)(=O)N2CC[C@H](I)C[C@H]2/C=C/c2ccccc2)cc1. The van der Waals surface area contributed by atoms with Crippen LogP contribution < -0.4 is 0 Å². The first kappa shape index (κ1) is 18.6. The van der Waals surface area contributed by atoms with E-state index in [1.807, 2.05) is 61.5 Å². The highest BCUT2D eigenvalue weighted by Crippen LogP contribution is 2.30. The molecular formula is C20H22INO2S. The van der Waals surface area contributed by atoms with Crippen LogP contribution in [-0.4, -0.2) is 29.2 Å². The van der Waals surface area contributed by atoms with Crippen LogP contribution in [0.1, 0.15) is 24.0 Å². The third-order valence-corrected chi connectivity index (χ3v) is 7.54. The maximum absolute atomic E-state index is 13.1. The van der Waals surface area contributed by atoms with Gasteiger partial charge in [-0.25, -0.2) is 8.42 Å². The van der Waals surface area contributed by atoms with Gasteiger partial charge in [-0.3, -0.25) is 0 Å². The molecule has 132 valence electrons. The minimum atomic E-state index is -3.48. The molecule has 0 unspecified atom stereocenters. The van der Waals surface area contributed by atoms with E-state index in [0.29, 0.717) is 15.4 Å². The highest BCUT2D eigenvalue weighted by molar-refractivity contribution is 14.1. The van der Waals surface area contributed by atoms with Gasteiger partial charge < -0.3 is 0 Å². The van der Waals surface area contributed by atoms with Crippen molar-refractivity contribution in [2.75, 3.05) is 6.54 Å². The minimum Gasteiger partial charge on any atom is -0.207 e. The number of hydrogen-bond acceptors (Lipinski definition) is 2. The Kier molecular flexibility index (Phi) is 5.96. The summed E-state index contributed by atoms with van der Waals surface area (Å²) in [4.78, 5) is 0.378. The Labute approximate surface area is 163 Å². The first-order valence-corrected chi connectivity index (χ1v) is 11.1. The second-order valence-corrected chi connectivity index (χ2v) is 10.0. The predicted molar refractivity (Wildman–Crippen MR) is 111 cm³/mol. The van der Waals surface area contributed by atoms with Crippen LogP contribution in [0.5, 0.6) is 0 Å². The van der Waals surface area contributed by atoms with Crippen molar-refractivity contribution in [3.8, 4) is 0 Å². The van der Waals surface area contributed by atoms with E-state index in [2.05, 4.69) is 22.6 Å². The fraction of sp³-hybridized carbons (Fsp3) is 0.300. The molecule has 0 spiro atoms. The summed E-state index contributed by atoms with van der Waals surface area (Å²) in [5.74, 6) is 0. The van der Waals surface area contributed by atoms with Crippen LogP contribution in [0.2, 0.25) is 0 Å². The average molecular weight is 467 g/mol. The summed E-state index contributed by atoms with van der Waals surface area (Å²) in [7, 11) is -3.48. The van der Waals surface area contributed by atoms with E-state index in [9.17, 15) is 8.42 Å². The number of piperidine rings is 1. The highest BCUT2D eigenvalue weighted by atomic mass is 127. The average Bonchev–Trinajstić information content (AvgIpc) is 2.61. The van der Waals surface area contributed by atoms with E-state index < -0.39 is 10.0 Å². The lowest BCUT2D eigenvalue weighted by molar-refractivity contribution is 0.302. The zero-order valence-corrected chi connectivity index (χ0v) is 17.2. The van der Waals surface area contributed by atoms with Crippen molar-refractivity contribution in [3.63, 3.8) is 0 Å². The minimum absolute atomic E-state index is 0.109. The Morgan fingerprint density at radius 3 is 2.44 bits per heavy atom. The van der Waals surface area contributed by atoms with Crippen molar-refractivity contribution in [1.82, 2.24) is 4.31 Å². The zero-order valence-electron chi connectivity index (χ0n) is 14.2. The molecule has 1 saturated heterocycles.